The molecular formula is C13H19NO3. The predicted molar refractivity (Wildman–Crippen MR) is 64.1 cm³/mol. The summed E-state index contributed by atoms with van der Waals surface area (Å²) < 4.78 is 5.48. The highest BCUT2D eigenvalue weighted by molar-refractivity contribution is 5.96. The van der Waals surface area contributed by atoms with Gasteiger partial charge in [0.1, 0.15) is 11.5 Å². The number of aliphatic hydroxyl groups is 1. The second-order valence-corrected chi connectivity index (χ2v) is 4.74. The molecule has 2 heterocycles. The van der Waals surface area contributed by atoms with E-state index in [9.17, 15) is 9.90 Å². The van der Waals surface area contributed by atoms with E-state index in [0.717, 1.165) is 11.3 Å². The average molecular weight is 237 g/mol. The van der Waals surface area contributed by atoms with Gasteiger partial charge in [-0.15, -0.1) is 0 Å². The molecule has 1 amide bonds. The summed E-state index contributed by atoms with van der Waals surface area (Å²) in [5, 5.41) is 9.44. The monoisotopic (exact) mass is 237 g/mol. The van der Waals surface area contributed by atoms with Gasteiger partial charge in [0.25, 0.3) is 5.91 Å². The predicted octanol–water partition coefficient (Wildman–Crippen LogP) is 1.80. The Morgan fingerprint density at radius 3 is 2.29 bits per heavy atom. The van der Waals surface area contributed by atoms with Gasteiger partial charge in [-0.25, -0.2) is 0 Å². The second-order valence-electron chi connectivity index (χ2n) is 4.74. The van der Waals surface area contributed by atoms with Gasteiger partial charge in [-0.1, -0.05) is 0 Å². The Hall–Kier alpha value is -1.29. The summed E-state index contributed by atoms with van der Waals surface area (Å²) in [7, 11) is 0. The van der Waals surface area contributed by atoms with Gasteiger partial charge in [-0.3, -0.25) is 4.79 Å². The summed E-state index contributed by atoms with van der Waals surface area (Å²) in [4.78, 5) is 14.1. The Morgan fingerprint density at radius 1 is 1.24 bits per heavy atom. The SMILES string of the molecule is Cc1oc(C)c(C(=O)N2CCC(O)CC2)c1C. The van der Waals surface area contributed by atoms with E-state index in [-0.39, 0.29) is 12.0 Å². The van der Waals surface area contributed by atoms with Gasteiger partial charge in [-0.2, -0.15) is 0 Å². The lowest BCUT2D eigenvalue weighted by Gasteiger charge is -2.29. The van der Waals surface area contributed by atoms with Gasteiger partial charge < -0.3 is 14.4 Å². The smallest absolute Gasteiger partial charge is 0.257 e. The zero-order valence-electron chi connectivity index (χ0n) is 10.6. The highest BCUT2D eigenvalue weighted by Gasteiger charge is 2.26. The minimum absolute atomic E-state index is 0.0313. The van der Waals surface area contributed by atoms with Crippen LogP contribution in [0.3, 0.4) is 0 Å². The number of hydrogen-bond donors (Lipinski definition) is 1. The molecule has 0 aromatic carbocycles. The Morgan fingerprint density at radius 2 is 1.82 bits per heavy atom. The fraction of sp³-hybridized carbons (Fsp3) is 0.615. The molecule has 1 aromatic heterocycles. The molecule has 1 fully saturated rings. The van der Waals surface area contributed by atoms with Crippen molar-refractivity contribution in [1.82, 2.24) is 4.90 Å². The first-order chi connectivity index (χ1) is 8.00. The molecule has 1 N–H and O–H groups in total. The van der Waals surface area contributed by atoms with E-state index < -0.39 is 0 Å². The third-order valence-corrected chi connectivity index (χ3v) is 3.53. The number of piperidine rings is 1. The van der Waals surface area contributed by atoms with Gasteiger partial charge in [0.2, 0.25) is 0 Å². The molecule has 94 valence electrons. The first-order valence-electron chi connectivity index (χ1n) is 6.04. The maximum Gasteiger partial charge on any atom is 0.257 e. The van der Waals surface area contributed by atoms with E-state index in [2.05, 4.69) is 0 Å². The van der Waals surface area contributed by atoms with Crippen LogP contribution >= 0.6 is 0 Å². The number of rotatable bonds is 1. The summed E-state index contributed by atoms with van der Waals surface area (Å²) in [6, 6.07) is 0. The van der Waals surface area contributed by atoms with Gasteiger partial charge in [0.15, 0.2) is 0 Å². The number of hydrogen-bond acceptors (Lipinski definition) is 3. The van der Waals surface area contributed by atoms with Crippen molar-refractivity contribution in [2.75, 3.05) is 13.1 Å². The Labute approximate surface area is 101 Å². The number of amides is 1. The van der Waals surface area contributed by atoms with Crippen LogP contribution in [0.5, 0.6) is 0 Å². The lowest BCUT2D eigenvalue weighted by Crippen LogP contribution is -2.40. The second kappa shape index (κ2) is 4.53. The lowest BCUT2D eigenvalue weighted by molar-refractivity contribution is 0.0544. The molecule has 0 atom stereocenters. The number of likely N-dealkylation sites (tertiary alicyclic amines) is 1. The van der Waals surface area contributed by atoms with Crippen LogP contribution in [0.4, 0.5) is 0 Å². The van der Waals surface area contributed by atoms with Crippen LogP contribution in [0.1, 0.15) is 40.3 Å². The topological polar surface area (TPSA) is 53.7 Å². The van der Waals surface area contributed by atoms with Crippen molar-refractivity contribution < 1.29 is 14.3 Å². The number of aliphatic hydroxyl groups excluding tert-OH is 1. The van der Waals surface area contributed by atoms with Crippen molar-refractivity contribution in [3.8, 4) is 0 Å². The van der Waals surface area contributed by atoms with Crippen LogP contribution in [0, 0.1) is 20.8 Å². The van der Waals surface area contributed by atoms with E-state index in [4.69, 9.17) is 4.42 Å². The largest absolute Gasteiger partial charge is 0.466 e. The standard InChI is InChI=1S/C13H19NO3/c1-8-9(2)17-10(3)12(8)13(16)14-6-4-11(15)5-7-14/h11,15H,4-7H2,1-3H3. The summed E-state index contributed by atoms with van der Waals surface area (Å²) in [5.41, 5.74) is 1.62. The zero-order chi connectivity index (χ0) is 12.6. The van der Waals surface area contributed by atoms with Crippen molar-refractivity contribution >= 4 is 5.91 Å². The molecule has 17 heavy (non-hydrogen) atoms. The van der Waals surface area contributed by atoms with Gasteiger partial charge in [-0.05, 0) is 33.6 Å². The van der Waals surface area contributed by atoms with Gasteiger partial charge in [0.05, 0.1) is 11.7 Å². The molecule has 0 radical (unpaired) electrons. The number of aryl methyl sites for hydroxylation is 2. The third kappa shape index (κ3) is 2.22. The number of carbonyl (C=O) groups excluding carboxylic acids is 1. The zero-order valence-corrected chi connectivity index (χ0v) is 10.6. The fourth-order valence-electron chi connectivity index (χ4n) is 2.34. The molecule has 0 aliphatic carbocycles. The van der Waals surface area contributed by atoms with Gasteiger partial charge >= 0.3 is 0 Å². The molecule has 0 unspecified atom stereocenters. The van der Waals surface area contributed by atoms with Crippen molar-refractivity contribution in [2.24, 2.45) is 0 Å². The molecule has 4 nitrogen and oxygen atoms in total. The van der Waals surface area contributed by atoms with Crippen LogP contribution in [0.2, 0.25) is 0 Å². The van der Waals surface area contributed by atoms with E-state index in [1.54, 1.807) is 4.90 Å². The molecule has 2 rings (SSSR count). The van der Waals surface area contributed by atoms with Crippen LogP contribution < -0.4 is 0 Å². The van der Waals surface area contributed by atoms with Crippen LogP contribution in [0.25, 0.3) is 0 Å². The molecule has 1 aromatic rings. The molecule has 0 bridgehead atoms. The molecule has 1 aliphatic rings. The maximum atomic E-state index is 12.3. The molecular weight excluding hydrogens is 218 g/mol. The number of nitrogens with zero attached hydrogens (tertiary/aromatic N) is 1. The lowest BCUT2D eigenvalue weighted by atomic mass is 10.0. The first-order valence-corrected chi connectivity index (χ1v) is 6.04. The summed E-state index contributed by atoms with van der Waals surface area (Å²) in [6.07, 6.45) is 1.08. The average Bonchev–Trinajstić information content (AvgIpc) is 2.53. The normalized spacial score (nSPS) is 17.5. The van der Waals surface area contributed by atoms with Crippen LogP contribution in [-0.4, -0.2) is 35.1 Å². The van der Waals surface area contributed by atoms with Crippen molar-refractivity contribution in [2.45, 2.75) is 39.7 Å². The van der Waals surface area contributed by atoms with Crippen molar-refractivity contribution in [3.05, 3.63) is 22.6 Å². The quantitative estimate of drug-likeness (QED) is 0.810. The first kappa shape index (κ1) is 12.2. The Kier molecular flexibility index (Phi) is 3.24. The number of furan rings is 1. The molecule has 4 heteroatoms. The summed E-state index contributed by atoms with van der Waals surface area (Å²) in [6.45, 7) is 6.87. The van der Waals surface area contributed by atoms with Gasteiger partial charge in [0, 0.05) is 18.7 Å². The third-order valence-electron chi connectivity index (χ3n) is 3.53. The Balaban J connectivity index is 2.20. The highest BCUT2D eigenvalue weighted by atomic mass is 16.3. The van der Waals surface area contributed by atoms with Crippen molar-refractivity contribution in [3.63, 3.8) is 0 Å². The minimum Gasteiger partial charge on any atom is -0.466 e. The molecule has 1 aliphatic heterocycles. The van der Waals surface area contributed by atoms with E-state index in [1.165, 1.54) is 0 Å². The van der Waals surface area contributed by atoms with E-state index in [0.29, 0.717) is 37.3 Å². The van der Waals surface area contributed by atoms with Crippen LogP contribution in [0.15, 0.2) is 4.42 Å². The van der Waals surface area contributed by atoms with E-state index >= 15 is 0 Å². The molecule has 0 spiro atoms. The van der Waals surface area contributed by atoms with E-state index in [1.807, 2.05) is 20.8 Å². The fourth-order valence-corrected chi connectivity index (χ4v) is 2.34. The van der Waals surface area contributed by atoms with Crippen molar-refractivity contribution in [1.29, 1.82) is 0 Å². The molecule has 0 saturated carbocycles. The number of carbonyl (C=O) groups is 1. The summed E-state index contributed by atoms with van der Waals surface area (Å²) >= 11 is 0. The Bertz CT molecular complexity index is 428. The maximum absolute atomic E-state index is 12.3. The summed E-state index contributed by atoms with van der Waals surface area (Å²) in [5.74, 6) is 1.53. The van der Waals surface area contributed by atoms with Crippen LogP contribution in [-0.2, 0) is 0 Å². The minimum atomic E-state index is -0.257. The highest BCUT2D eigenvalue weighted by Crippen LogP contribution is 2.23. The molecule has 1 saturated heterocycles.